The van der Waals surface area contributed by atoms with E-state index in [2.05, 4.69) is 6.92 Å². The summed E-state index contributed by atoms with van der Waals surface area (Å²) >= 11 is 0. The van der Waals surface area contributed by atoms with Gasteiger partial charge in [-0.25, -0.2) is 17.6 Å². The minimum absolute atomic E-state index is 0.0809. The summed E-state index contributed by atoms with van der Waals surface area (Å²) in [5.74, 6) is -4.90. The molecule has 3 aromatic rings. The fourth-order valence-electron chi connectivity index (χ4n) is 3.02. The number of hydrogen-bond acceptors (Lipinski definition) is 0. The average molecular weight is 346 g/mol. The van der Waals surface area contributed by atoms with Crippen molar-refractivity contribution in [1.29, 1.82) is 0 Å². The van der Waals surface area contributed by atoms with Gasteiger partial charge >= 0.3 is 0 Å². The third kappa shape index (κ3) is 3.39. The smallest absolute Gasteiger partial charge is 0.195 e. The van der Waals surface area contributed by atoms with Gasteiger partial charge in [-0.3, -0.25) is 0 Å². The van der Waals surface area contributed by atoms with E-state index in [1.807, 2.05) is 12.1 Å². The van der Waals surface area contributed by atoms with Gasteiger partial charge in [0.05, 0.1) is 0 Å². The topological polar surface area (TPSA) is 0 Å². The highest BCUT2D eigenvalue weighted by Crippen LogP contribution is 2.32. The predicted octanol–water partition coefficient (Wildman–Crippen LogP) is 6.80. The minimum atomic E-state index is -1.59. The van der Waals surface area contributed by atoms with Crippen molar-refractivity contribution >= 4 is 10.8 Å². The zero-order valence-corrected chi connectivity index (χ0v) is 13.9. The van der Waals surface area contributed by atoms with Crippen LogP contribution in [0, 0.1) is 23.3 Å². The first-order valence-corrected chi connectivity index (χ1v) is 8.38. The highest BCUT2D eigenvalue weighted by atomic mass is 19.2. The standard InChI is InChI=1S/C21H18F4/c1-2-3-4-5-13-6-8-15-14(12-13)7-9-16(19(15)23)17-10-11-18(22)21(25)20(17)24/h6-12H,2-5H2,1H3. The van der Waals surface area contributed by atoms with E-state index in [0.29, 0.717) is 10.8 Å². The minimum Gasteiger partial charge on any atom is -0.206 e. The van der Waals surface area contributed by atoms with Gasteiger partial charge in [0.15, 0.2) is 17.5 Å². The van der Waals surface area contributed by atoms with Gasteiger partial charge in [0, 0.05) is 16.5 Å². The van der Waals surface area contributed by atoms with Crippen LogP contribution in [0.15, 0.2) is 42.5 Å². The van der Waals surface area contributed by atoms with E-state index in [9.17, 15) is 17.6 Å². The van der Waals surface area contributed by atoms with Gasteiger partial charge in [-0.2, -0.15) is 0 Å². The molecule has 25 heavy (non-hydrogen) atoms. The van der Waals surface area contributed by atoms with Crippen molar-refractivity contribution < 1.29 is 17.6 Å². The second-order valence-corrected chi connectivity index (χ2v) is 6.16. The zero-order chi connectivity index (χ0) is 18.0. The molecule has 0 heterocycles. The average Bonchev–Trinajstić information content (AvgIpc) is 2.61. The zero-order valence-electron chi connectivity index (χ0n) is 13.9. The molecule has 0 bridgehead atoms. The lowest BCUT2D eigenvalue weighted by molar-refractivity contribution is 0.448. The lowest BCUT2D eigenvalue weighted by Crippen LogP contribution is -1.96. The van der Waals surface area contributed by atoms with Crippen LogP contribution in [-0.4, -0.2) is 0 Å². The Labute approximate surface area is 144 Å². The van der Waals surface area contributed by atoms with Gasteiger partial charge in [0.1, 0.15) is 5.82 Å². The Morgan fingerprint density at radius 3 is 2.20 bits per heavy atom. The summed E-state index contributed by atoms with van der Waals surface area (Å²) in [6, 6.07) is 10.4. The summed E-state index contributed by atoms with van der Waals surface area (Å²) in [5.41, 5.74) is 0.750. The number of hydrogen-bond donors (Lipinski definition) is 0. The van der Waals surface area contributed by atoms with E-state index >= 15 is 0 Å². The van der Waals surface area contributed by atoms with E-state index in [1.165, 1.54) is 6.07 Å². The molecule has 0 nitrogen and oxygen atoms in total. The van der Waals surface area contributed by atoms with E-state index in [0.717, 1.165) is 43.4 Å². The first-order valence-electron chi connectivity index (χ1n) is 8.38. The molecule has 0 spiro atoms. The third-order valence-corrected chi connectivity index (χ3v) is 4.41. The molecule has 0 aliphatic rings. The van der Waals surface area contributed by atoms with Crippen LogP contribution >= 0.6 is 0 Å². The number of fused-ring (bicyclic) bond motifs is 1. The SMILES string of the molecule is CCCCCc1ccc2c(F)c(-c3ccc(F)c(F)c3F)ccc2c1. The molecule has 0 saturated carbocycles. The maximum atomic E-state index is 14.8. The molecule has 0 atom stereocenters. The summed E-state index contributed by atoms with van der Waals surface area (Å²) in [6.07, 6.45) is 4.26. The summed E-state index contributed by atoms with van der Waals surface area (Å²) in [6.45, 7) is 2.13. The fourth-order valence-corrected chi connectivity index (χ4v) is 3.02. The van der Waals surface area contributed by atoms with Crippen LogP contribution < -0.4 is 0 Å². The second-order valence-electron chi connectivity index (χ2n) is 6.16. The van der Waals surface area contributed by atoms with Crippen LogP contribution in [0.5, 0.6) is 0 Å². The molecule has 3 aromatic carbocycles. The van der Waals surface area contributed by atoms with Gasteiger partial charge in [0.25, 0.3) is 0 Å². The van der Waals surface area contributed by atoms with Crippen molar-refractivity contribution in [3.05, 3.63) is 71.3 Å². The summed E-state index contributed by atoms with van der Waals surface area (Å²) in [5, 5.41) is 1.04. The molecule has 0 unspecified atom stereocenters. The number of unbranched alkanes of at least 4 members (excludes halogenated alkanes) is 2. The summed E-state index contributed by atoms with van der Waals surface area (Å²) in [7, 11) is 0. The normalized spacial score (nSPS) is 11.2. The molecule has 0 N–H and O–H groups in total. The van der Waals surface area contributed by atoms with Crippen LogP contribution in [0.4, 0.5) is 17.6 Å². The van der Waals surface area contributed by atoms with Crippen LogP contribution in [0.1, 0.15) is 31.7 Å². The van der Waals surface area contributed by atoms with Crippen molar-refractivity contribution in [2.75, 3.05) is 0 Å². The van der Waals surface area contributed by atoms with E-state index in [4.69, 9.17) is 0 Å². The maximum Gasteiger partial charge on any atom is 0.195 e. The van der Waals surface area contributed by atoms with Gasteiger partial charge in [0.2, 0.25) is 0 Å². The Morgan fingerprint density at radius 1 is 0.720 bits per heavy atom. The molecule has 0 aliphatic heterocycles. The number of rotatable bonds is 5. The second kappa shape index (κ2) is 7.26. The van der Waals surface area contributed by atoms with Crippen molar-refractivity contribution in [2.45, 2.75) is 32.6 Å². The first kappa shape index (κ1) is 17.5. The van der Waals surface area contributed by atoms with Gasteiger partial charge in [-0.15, -0.1) is 0 Å². The molecule has 4 heteroatoms. The quantitative estimate of drug-likeness (QED) is 0.271. The molecule has 0 aliphatic carbocycles. The molecule has 130 valence electrons. The van der Waals surface area contributed by atoms with Crippen molar-refractivity contribution in [2.24, 2.45) is 0 Å². The van der Waals surface area contributed by atoms with Crippen molar-refractivity contribution in [3.8, 4) is 11.1 Å². The highest BCUT2D eigenvalue weighted by molar-refractivity contribution is 5.88. The molecule has 0 fully saturated rings. The highest BCUT2D eigenvalue weighted by Gasteiger charge is 2.18. The van der Waals surface area contributed by atoms with Gasteiger partial charge < -0.3 is 0 Å². The summed E-state index contributed by atoms with van der Waals surface area (Å²) < 4.78 is 55.3. The van der Waals surface area contributed by atoms with E-state index < -0.39 is 23.3 Å². The van der Waals surface area contributed by atoms with Crippen LogP contribution in [0.2, 0.25) is 0 Å². The lowest BCUT2D eigenvalue weighted by Gasteiger charge is -2.10. The molecule has 0 aromatic heterocycles. The fraction of sp³-hybridized carbons (Fsp3) is 0.238. The Kier molecular flexibility index (Phi) is 5.07. The largest absolute Gasteiger partial charge is 0.206 e. The Bertz CT molecular complexity index is 915. The van der Waals surface area contributed by atoms with Crippen molar-refractivity contribution in [1.82, 2.24) is 0 Å². The van der Waals surface area contributed by atoms with Crippen LogP contribution in [-0.2, 0) is 6.42 Å². The van der Waals surface area contributed by atoms with E-state index in [1.54, 1.807) is 12.1 Å². The molecular weight excluding hydrogens is 328 g/mol. The molecule has 3 rings (SSSR count). The van der Waals surface area contributed by atoms with Crippen LogP contribution in [0.25, 0.3) is 21.9 Å². The maximum absolute atomic E-state index is 14.8. The van der Waals surface area contributed by atoms with E-state index in [-0.39, 0.29) is 11.1 Å². The molecule has 0 amide bonds. The Balaban J connectivity index is 2.03. The molecular formula is C21H18F4. The Morgan fingerprint density at radius 2 is 1.44 bits per heavy atom. The molecule has 0 saturated heterocycles. The van der Waals surface area contributed by atoms with Crippen molar-refractivity contribution in [3.63, 3.8) is 0 Å². The van der Waals surface area contributed by atoms with Gasteiger partial charge in [-0.05, 0) is 35.9 Å². The van der Waals surface area contributed by atoms with Gasteiger partial charge in [-0.1, -0.05) is 50.1 Å². The summed E-state index contributed by atoms with van der Waals surface area (Å²) in [4.78, 5) is 0. The number of benzene rings is 3. The number of aryl methyl sites for hydroxylation is 1. The lowest BCUT2D eigenvalue weighted by atomic mass is 9.97. The van der Waals surface area contributed by atoms with Crippen LogP contribution in [0.3, 0.4) is 0 Å². The first-order chi connectivity index (χ1) is 12.0. The monoisotopic (exact) mass is 346 g/mol. The number of halogens is 4. The third-order valence-electron chi connectivity index (χ3n) is 4.41. The predicted molar refractivity (Wildman–Crippen MR) is 92.4 cm³/mol. The Hall–Kier alpha value is -2.36. The molecule has 0 radical (unpaired) electrons.